The molecule has 0 bridgehead atoms. The van der Waals surface area contributed by atoms with E-state index in [0.717, 1.165) is 23.3 Å². The van der Waals surface area contributed by atoms with Gasteiger partial charge in [-0.15, -0.1) is 0 Å². The molecule has 164 valence electrons. The van der Waals surface area contributed by atoms with E-state index in [-0.39, 0.29) is 23.5 Å². The Hall–Kier alpha value is -3.89. The molecule has 11 nitrogen and oxygen atoms in total. The van der Waals surface area contributed by atoms with Crippen LogP contribution in [0.5, 0.6) is 5.75 Å². The van der Waals surface area contributed by atoms with Gasteiger partial charge in [-0.1, -0.05) is 0 Å². The molecule has 0 spiro atoms. The largest absolute Gasteiger partial charge is 0.507 e. The quantitative estimate of drug-likeness (QED) is 0.408. The summed E-state index contributed by atoms with van der Waals surface area (Å²) in [7, 11) is 2.87. The van der Waals surface area contributed by atoms with Crippen molar-refractivity contribution in [3.63, 3.8) is 0 Å². The summed E-state index contributed by atoms with van der Waals surface area (Å²) in [6, 6.07) is 5.23. The number of amides is 1. The lowest BCUT2D eigenvalue weighted by Crippen LogP contribution is -2.38. The average Bonchev–Trinajstić information content (AvgIpc) is 3.16. The molecular weight excluding hydrogens is 402 g/mol. The number of aromatic nitrogens is 4. The van der Waals surface area contributed by atoms with Gasteiger partial charge in [0.05, 0.1) is 12.5 Å². The van der Waals surface area contributed by atoms with Crippen LogP contribution in [0, 0.1) is 0 Å². The van der Waals surface area contributed by atoms with Crippen LogP contribution < -0.4 is 21.6 Å². The number of carbonyl (C=O) groups excluding carboxylic acids is 1. The first kappa shape index (κ1) is 21.8. The molecular formula is C20H25N7O4. The van der Waals surface area contributed by atoms with Crippen LogP contribution in [0.25, 0.3) is 11.2 Å². The summed E-state index contributed by atoms with van der Waals surface area (Å²) in [5.74, 6) is -0.446. The standard InChI is InChI=1S/C20H25N7O4/c1-5-26(6-2)14-8-7-13(15(28)9-14)10-22-23-16(29)11-27-12-21-18-17(27)19(30)25(4)20(31)24(18)3/h7-10,12,28H,5-6,11H2,1-4H3,(H,23,29)/b22-10-. The van der Waals surface area contributed by atoms with E-state index in [1.165, 1.54) is 35.8 Å². The first-order valence-electron chi connectivity index (χ1n) is 9.79. The van der Waals surface area contributed by atoms with E-state index in [4.69, 9.17) is 0 Å². The van der Waals surface area contributed by atoms with Crippen molar-refractivity contribution in [3.05, 3.63) is 50.9 Å². The van der Waals surface area contributed by atoms with Gasteiger partial charge in [0.2, 0.25) is 0 Å². The van der Waals surface area contributed by atoms with E-state index in [9.17, 15) is 19.5 Å². The Bertz CT molecular complexity index is 1260. The number of hydrazone groups is 1. The third-order valence-electron chi connectivity index (χ3n) is 5.07. The molecule has 0 aliphatic rings. The lowest BCUT2D eigenvalue weighted by molar-refractivity contribution is -0.121. The van der Waals surface area contributed by atoms with E-state index in [1.54, 1.807) is 12.1 Å². The zero-order chi connectivity index (χ0) is 22.7. The number of phenols is 1. The Labute approximate surface area is 177 Å². The molecule has 0 radical (unpaired) electrons. The van der Waals surface area contributed by atoms with Crippen LogP contribution in [0.1, 0.15) is 19.4 Å². The number of phenolic OH excluding ortho intramolecular Hbond substituents is 1. The number of benzene rings is 1. The molecule has 0 saturated carbocycles. The molecule has 0 aliphatic carbocycles. The van der Waals surface area contributed by atoms with Crippen LogP contribution in [-0.4, -0.2) is 49.0 Å². The molecule has 0 unspecified atom stereocenters. The number of fused-ring (bicyclic) bond motifs is 1. The van der Waals surface area contributed by atoms with E-state index >= 15 is 0 Å². The highest BCUT2D eigenvalue weighted by atomic mass is 16.3. The summed E-state index contributed by atoms with van der Waals surface area (Å²) in [4.78, 5) is 42.8. The minimum atomic E-state index is -0.537. The van der Waals surface area contributed by atoms with Gasteiger partial charge in [-0.2, -0.15) is 5.10 Å². The Morgan fingerprint density at radius 3 is 2.58 bits per heavy atom. The number of rotatable bonds is 7. The monoisotopic (exact) mass is 427 g/mol. The molecule has 2 aromatic heterocycles. The minimum Gasteiger partial charge on any atom is -0.507 e. The smallest absolute Gasteiger partial charge is 0.332 e. The number of imidazole rings is 1. The summed E-state index contributed by atoms with van der Waals surface area (Å²) in [6.07, 6.45) is 2.67. The van der Waals surface area contributed by atoms with E-state index in [0.29, 0.717) is 5.56 Å². The summed E-state index contributed by atoms with van der Waals surface area (Å²) in [5.41, 5.74) is 3.02. The number of anilines is 1. The molecule has 2 heterocycles. The Morgan fingerprint density at radius 1 is 1.23 bits per heavy atom. The van der Waals surface area contributed by atoms with Gasteiger partial charge in [0.1, 0.15) is 12.3 Å². The summed E-state index contributed by atoms with van der Waals surface area (Å²) >= 11 is 0. The van der Waals surface area contributed by atoms with Crippen molar-refractivity contribution < 1.29 is 9.90 Å². The normalized spacial score (nSPS) is 11.4. The van der Waals surface area contributed by atoms with Gasteiger partial charge < -0.3 is 14.6 Å². The van der Waals surface area contributed by atoms with Crippen molar-refractivity contribution in [1.29, 1.82) is 0 Å². The van der Waals surface area contributed by atoms with Gasteiger partial charge in [-0.05, 0) is 26.0 Å². The number of carbonyl (C=O) groups is 1. The minimum absolute atomic E-state index is 0.0485. The van der Waals surface area contributed by atoms with Gasteiger partial charge in [-0.3, -0.25) is 18.7 Å². The Morgan fingerprint density at radius 2 is 1.94 bits per heavy atom. The van der Waals surface area contributed by atoms with Gasteiger partial charge in [0.25, 0.3) is 11.5 Å². The zero-order valence-electron chi connectivity index (χ0n) is 17.9. The van der Waals surface area contributed by atoms with Crippen molar-refractivity contribution in [2.24, 2.45) is 19.2 Å². The van der Waals surface area contributed by atoms with Crippen LogP contribution in [-0.2, 0) is 25.4 Å². The van der Waals surface area contributed by atoms with Gasteiger partial charge >= 0.3 is 5.69 Å². The van der Waals surface area contributed by atoms with Crippen LogP contribution >= 0.6 is 0 Å². The number of hydrogen-bond donors (Lipinski definition) is 2. The molecule has 0 atom stereocenters. The molecule has 3 aromatic rings. The van der Waals surface area contributed by atoms with Crippen molar-refractivity contribution in [2.75, 3.05) is 18.0 Å². The summed E-state index contributed by atoms with van der Waals surface area (Å²) in [6.45, 7) is 5.49. The van der Waals surface area contributed by atoms with E-state index in [2.05, 4.69) is 20.4 Å². The maximum absolute atomic E-state index is 12.4. The average molecular weight is 427 g/mol. The van der Waals surface area contributed by atoms with Crippen LogP contribution in [0.2, 0.25) is 0 Å². The first-order valence-corrected chi connectivity index (χ1v) is 9.79. The fourth-order valence-electron chi connectivity index (χ4n) is 3.31. The lowest BCUT2D eigenvalue weighted by atomic mass is 10.2. The Balaban J connectivity index is 1.73. The van der Waals surface area contributed by atoms with Gasteiger partial charge in [0, 0.05) is 44.5 Å². The molecule has 0 fully saturated rings. The van der Waals surface area contributed by atoms with Crippen LogP contribution in [0.15, 0.2) is 39.2 Å². The van der Waals surface area contributed by atoms with Gasteiger partial charge in [-0.25, -0.2) is 15.2 Å². The van der Waals surface area contributed by atoms with Crippen molar-refractivity contribution in [3.8, 4) is 5.75 Å². The fourth-order valence-corrected chi connectivity index (χ4v) is 3.31. The number of aromatic hydroxyl groups is 1. The highest BCUT2D eigenvalue weighted by molar-refractivity contribution is 5.86. The van der Waals surface area contributed by atoms with Crippen molar-refractivity contribution in [1.82, 2.24) is 24.1 Å². The highest BCUT2D eigenvalue weighted by Gasteiger charge is 2.15. The second-order valence-corrected chi connectivity index (χ2v) is 6.96. The summed E-state index contributed by atoms with van der Waals surface area (Å²) < 4.78 is 3.56. The topological polar surface area (TPSA) is 127 Å². The molecule has 11 heteroatoms. The van der Waals surface area contributed by atoms with Crippen molar-refractivity contribution in [2.45, 2.75) is 20.4 Å². The molecule has 1 aromatic carbocycles. The number of nitrogens with one attached hydrogen (secondary N) is 1. The maximum Gasteiger partial charge on any atom is 0.332 e. The van der Waals surface area contributed by atoms with Crippen molar-refractivity contribution >= 4 is 29.0 Å². The third kappa shape index (κ3) is 4.20. The molecule has 0 saturated heterocycles. The number of nitrogens with zero attached hydrogens (tertiary/aromatic N) is 6. The van der Waals surface area contributed by atoms with E-state index < -0.39 is 17.2 Å². The highest BCUT2D eigenvalue weighted by Crippen LogP contribution is 2.23. The second kappa shape index (κ2) is 8.86. The second-order valence-electron chi connectivity index (χ2n) is 6.96. The summed E-state index contributed by atoms with van der Waals surface area (Å²) in [5, 5.41) is 14.1. The molecule has 3 rings (SSSR count). The zero-order valence-corrected chi connectivity index (χ0v) is 17.9. The lowest BCUT2D eigenvalue weighted by Gasteiger charge is -2.21. The first-order chi connectivity index (χ1) is 14.8. The molecule has 0 aliphatic heterocycles. The molecule has 2 N–H and O–H groups in total. The molecule has 31 heavy (non-hydrogen) atoms. The van der Waals surface area contributed by atoms with Crippen LogP contribution in [0.3, 0.4) is 0 Å². The van der Waals surface area contributed by atoms with Gasteiger partial charge in [0.15, 0.2) is 11.2 Å². The number of aryl methyl sites for hydroxylation is 1. The Kier molecular flexibility index (Phi) is 6.23. The number of hydrogen-bond acceptors (Lipinski definition) is 7. The third-order valence-corrected chi connectivity index (χ3v) is 5.07. The molecule has 1 amide bonds. The maximum atomic E-state index is 12.4. The predicted octanol–water partition coefficient (Wildman–Crippen LogP) is 0.136. The van der Waals surface area contributed by atoms with E-state index in [1.807, 2.05) is 19.9 Å². The predicted molar refractivity (Wildman–Crippen MR) is 118 cm³/mol. The SMILES string of the molecule is CCN(CC)c1ccc(/C=N\NC(=O)Cn2cnc3c2c(=O)n(C)c(=O)n3C)c(O)c1. The fraction of sp³-hybridized carbons (Fsp3) is 0.350. The van der Waals surface area contributed by atoms with Crippen LogP contribution in [0.4, 0.5) is 5.69 Å².